The fourth-order valence-corrected chi connectivity index (χ4v) is 4.62. The van der Waals surface area contributed by atoms with Crippen molar-refractivity contribution >= 4 is 27.2 Å². The van der Waals surface area contributed by atoms with Gasteiger partial charge in [-0.2, -0.15) is 0 Å². The van der Waals surface area contributed by atoms with Gasteiger partial charge in [0.1, 0.15) is 11.2 Å². The number of hydrogen-bond donors (Lipinski definition) is 0. The fourth-order valence-electron chi connectivity index (χ4n) is 3.44. The molecule has 1 aliphatic carbocycles. The standard InChI is InChI=1S/C17H15N5S/c1-10-4-5-13-12(7-10)14-16-21-20-15(11-3-2-6-18-8-11)22(16)9-19-17(14)23-13/h2-3,6,8-10H,4-5,7H2,1H3/t10-/m0/s1. The molecule has 0 saturated carbocycles. The summed E-state index contributed by atoms with van der Waals surface area (Å²) in [6.45, 7) is 2.32. The minimum Gasteiger partial charge on any atom is -0.265 e. The molecule has 0 bridgehead atoms. The number of thiophene rings is 1. The van der Waals surface area contributed by atoms with Gasteiger partial charge in [-0.15, -0.1) is 21.5 Å². The summed E-state index contributed by atoms with van der Waals surface area (Å²) in [5.74, 6) is 1.52. The van der Waals surface area contributed by atoms with E-state index in [0.29, 0.717) is 0 Å². The molecule has 1 aliphatic rings. The number of aryl methyl sites for hydroxylation is 1. The average molecular weight is 321 g/mol. The van der Waals surface area contributed by atoms with E-state index < -0.39 is 0 Å². The van der Waals surface area contributed by atoms with E-state index in [2.05, 4.69) is 27.1 Å². The Morgan fingerprint density at radius 2 is 2.26 bits per heavy atom. The predicted octanol–water partition coefficient (Wildman–Crippen LogP) is 3.53. The zero-order chi connectivity index (χ0) is 15.4. The molecule has 0 amide bonds. The van der Waals surface area contributed by atoms with E-state index in [4.69, 9.17) is 0 Å². The van der Waals surface area contributed by atoms with Gasteiger partial charge in [-0.05, 0) is 42.9 Å². The van der Waals surface area contributed by atoms with E-state index in [-0.39, 0.29) is 0 Å². The highest BCUT2D eigenvalue weighted by atomic mass is 32.1. The summed E-state index contributed by atoms with van der Waals surface area (Å²) < 4.78 is 1.99. The number of fused-ring (bicyclic) bond motifs is 5. The molecule has 114 valence electrons. The van der Waals surface area contributed by atoms with Crippen LogP contribution in [0, 0.1) is 5.92 Å². The third-order valence-corrected chi connectivity index (χ3v) is 5.82. The van der Waals surface area contributed by atoms with Gasteiger partial charge in [-0.1, -0.05) is 6.92 Å². The lowest BCUT2D eigenvalue weighted by Crippen LogP contribution is -2.09. The zero-order valence-corrected chi connectivity index (χ0v) is 13.5. The van der Waals surface area contributed by atoms with Crippen LogP contribution in [0.15, 0.2) is 30.9 Å². The number of nitrogens with zero attached hydrogens (tertiary/aromatic N) is 5. The molecule has 0 fully saturated rings. The normalized spacial score (nSPS) is 17.7. The van der Waals surface area contributed by atoms with Crippen LogP contribution in [0.5, 0.6) is 0 Å². The second-order valence-corrected chi connectivity index (χ2v) is 7.32. The lowest BCUT2D eigenvalue weighted by molar-refractivity contribution is 0.508. The van der Waals surface area contributed by atoms with Crippen LogP contribution in [-0.4, -0.2) is 24.6 Å². The van der Waals surface area contributed by atoms with Gasteiger partial charge < -0.3 is 0 Å². The van der Waals surface area contributed by atoms with Crippen LogP contribution in [0.4, 0.5) is 0 Å². The molecule has 4 aromatic rings. The van der Waals surface area contributed by atoms with E-state index in [1.54, 1.807) is 6.20 Å². The van der Waals surface area contributed by atoms with Gasteiger partial charge in [0.05, 0.1) is 5.39 Å². The Hall–Kier alpha value is -2.34. The lowest BCUT2D eigenvalue weighted by atomic mass is 9.89. The van der Waals surface area contributed by atoms with Crippen LogP contribution in [0.2, 0.25) is 0 Å². The molecule has 0 radical (unpaired) electrons. The Labute approximate surface area is 137 Å². The number of pyridine rings is 1. The van der Waals surface area contributed by atoms with Crippen molar-refractivity contribution in [2.75, 3.05) is 0 Å². The maximum atomic E-state index is 4.68. The summed E-state index contributed by atoms with van der Waals surface area (Å²) in [5.41, 5.74) is 3.31. The number of rotatable bonds is 1. The molecular weight excluding hydrogens is 306 g/mol. The molecule has 4 heterocycles. The molecular formula is C17H15N5S. The molecule has 0 spiro atoms. The highest BCUT2D eigenvalue weighted by molar-refractivity contribution is 7.19. The van der Waals surface area contributed by atoms with Gasteiger partial charge in [0.2, 0.25) is 0 Å². The first-order valence-corrected chi connectivity index (χ1v) is 8.67. The van der Waals surface area contributed by atoms with Crippen LogP contribution < -0.4 is 0 Å². The van der Waals surface area contributed by atoms with E-state index in [0.717, 1.165) is 40.6 Å². The smallest absolute Gasteiger partial charge is 0.172 e. The molecule has 0 saturated heterocycles. The van der Waals surface area contributed by atoms with Gasteiger partial charge in [0, 0.05) is 22.8 Å². The van der Waals surface area contributed by atoms with Crippen molar-refractivity contribution in [3.63, 3.8) is 0 Å². The molecule has 0 N–H and O–H groups in total. The molecule has 6 heteroatoms. The first-order valence-electron chi connectivity index (χ1n) is 7.85. The van der Waals surface area contributed by atoms with Gasteiger partial charge in [0.15, 0.2) is 11.5 Å². The number of aromatic nitrogens is 5. The van der Waals surface area contributed by atoms with Crippen LogP contribution in [0.3, 0.4) is 0 Å². The van der Waals surface area contributed by atoms with Gasteiger partial charge in [-0.25, -0.2) is 4.98 Å². The maximum Gasteiger partial charge on any atom is 0.172 e. The molecule has 0 aromatic carbocycles. The Bertz CT molecular complexity index is 1020. The van der Waals surface area contributed by atoms with Crippen molar-refractivity contribution in [2.24, 2.45) is 5.92 Å². The van der Waals surface area contributed by atoms with Gasteiger partial charge >= 0.3 is 0 Å². The SMILES string of the molecule is C[C@H]1CCc2sc3ncn4c(-c5cccnc5)nnc4c3c2C1. The minimum atomic E-state index is 0.723. The Balaban J connectivity index is 1.81. The van der Waals surface area contributed by atoms with Crippen molar-refractivity contribution < 1.29 is 0 Å². The second-order valence-electron chi connectivity index (χ2n) is 6.24. The summed E-state index contributed by atoms with van der Waals surface area (Å²) in [4.78, 5) is 11.4. The summed E-state index contributed by atoms with van der Waals surface area (Å²) in [5, 5.41) is 10.1. The van der Waals surface area contributed by atoms with Crippen molar-refractivity contribution in [2.45, 2.75) is 26.2 Å². The summed E-state index contributed by atoms with van der Waals surface area (Å²) in [6.07, 6.45) is 8.96. The summed E-state index contributed by atoms with van der Waals surface area (Å²) in [6, 6.07) is 3.91. The predicted molar refractivity (Wildman–Crippen MR) is 90.6 cm³/mol. The van der Waals surface area contributed by atoms with E-state index in [9.17, 15) is 0 Å². The maximum absolute atomic E-state index is 4.68. The van der Waals surface area contributed by atoms with Crippen molar-refractivity contribution in [3.8, 4) is 11.4 Å². The fraction of sp³-hybridized carbons (Fsp3) is 0.294. The highest BCUT2D eigenvalue weighted by Crippen LogP contribution is 2.39. The van der Waals surface area contributed by atoms with Gasteiger partial charge in [0.25, 0.3) is 0 Å². The summed E-state index contributed by atoms with van der Waals surface area (Å²) in [7, 11) is 0. The average Bonchev–Trinajstić information content (AvgIpc) is 3.16. The Kier molecular flexibility index (Phi) is 2.76. The minimum absolute atomic E-state index is 0.723. The molecule has 5 nitrogen and oxygen atoms in total. The Morgan fingerprint density at radius 3 is 3.13 bits per heavy atom. The van der Waals surface area contributed by atoms with Crippen molar-refractivity contribution in [1.82, 2.24) is 24.6 Å². The molecule has 1 atom stereocenters. The van der Waals surface area contributed by atoms with Crippen LogP contribution in [-0.2, 0) is 12.8 Å². The first-order chi connectivity index (χ1) is 11.3. The molecule has 23 heavy (non-hydrogen) atoms. The molecule has 4 aromatic heterocycles. The first kappa shape index (κ1) is 13.1. The van der Waals surface area contributed by atoms with Crippen molar-refractivity contribution in [1.29, 1.82) is 0 Å². The highest BCUT2D eigenvalue weighted by Gasteiger charge is 2.24. The third-order valence-electron chi connectivity index (χ3n) is 4.62. The van der Waals surface area contributed by atoms with Gasteiger partial charge in [-0.3, -0.25) is 9.38 Å². The number of hydrogen-bond acceptors (Lipinski definition) is 5. The van der Waals surface area contributed by atoms with Crippen LogP contribution in [0.25, 0.3) is 27.3 Å². The van der Waals surface area contributed by atoms with E-state index in [1.165, 1.54) is 22.2 Å². The summed E-state index contributed by atoms with van der Waals surface area (Å²) >= 11 is 1.82. The molecule has 0 aliphatic heterocycles. The van der Waals surface area contributed by atoms with Crippen molar-refractivity contribution in [3.05, 3.63) is 41.3 Å². The second kappa shape index (κ2) is 4.83. The Morgan fingerprint density at radius 1 is 1.30 bits per heavy atom. The molecule has 0 unspecified atom stereocenters. The van der Waals surface area contributed by atoms with E-state index in [1.807, 2.05) is 40.4 Å². The quantitative estimate of drug-likeness (QED) is 0.538. The topological polar surface area (TPSA) is 56.0 Å². The lowest BCUT2D eigenvalue weighted by Gasteiger charge is -2.17. The largest absolute Gasteiger partial charge is 0.265 e. The third kappa shape index (κ3) is 1.91. The van der Waals surface area contributed by atoms with Crippen LogP contribution >= 0.6 is 11.3 Å². The van der Waals surface area contributed by atoms with E-state index >= 15 is 0 Å². The zero-order valence-electron chi connectivity index (χ0n) is 12.7. The van der Waals surface area contributed by atoms with Crippen LogP contribution in [0.1, 0.15) is 23.8 Å². The molecule has 5 rings (SSSR count). The monoisotopic (exact) mass is 321 g/mol.